The number of likely N-dealkylation sites (tertiary alicyclic amines) is 1. The van der Waals surface area contributed by atoms with Gasteiger partial charge >= 0.3 is 0 Å². The van der Waals surface area contributed by atoms with Crippen LogP contribution in [0.3, 0.4) is 0 Å². The molecule has 0 aliphatic carbocycles. The normalized spacial score (nSPS) is 18.4. The maximum Gasteiger partial charge on any atom is 0.261 e. The zero-order valence-electron chi connectivity index (χ0n) is 14.6. The smallest absolute Gasteiger partial charge is 0.261 e. The van der Waals surface area contributed by atoms with E-state index in [2.05, 4.69) is 0 Å². The fraction of sp³-hybridized carbons (Fsp3) is 0.350. The van der Waals surface area contributed by atoms with Gasteiger partial charge in [-0.25, -0.2) is 0 Å². The minimum Gasteiger partial charge on any atom is -0.486 e. The van der Waals surface area contributed by atoms with Crippen LogP contribution in [0.2, 0.25) is 10.0 Å². The molecule has 0 radical (unpaired) electrons. The summed E-state index contributed by atoms with van der Waals surface area (Å²) in [6.45, 7) is 1.77. The van der Waals surface area contributed by atoms with Crippen LogP contribution in [0.4, 0.5) is 0 Å². The third-order valence-electron chi connectivity index (χ3n) is 4.78. The largest absolute Gasteiger partial charge is 0.486 e. The third kappa shape index (κ3) is 3.94. The van der Waals surface area contributed by atoms with Gasteiger partial charge in [-0.05, 0) is 42.7 Å². The molecule has 142 valence electrons. The molecule has 0 bridgehead atoms. The molecule has 0 N–H and O–H groups in total. The van der Waals surface area contributed by atoms with E-state index in [1.807, 2.05) is 23.1 Å². The second-order valence-electron chi connectivity index (χ2n) is 6.51. The van der Waals surface area contributed by atoms with Crippen LogP contribution in [-0.4, -0.2) is 37.2 Å². The van der Waals surface area contributed by atoms with E-state index in [0.717, 1.165) is 29.9 Å². The molecule has 0 unspecified atom stereocenters. The summed E-state index contributed by atoms with van der Waals surface area (Å²) in [5.41, 5.74) is 1.06. The van der Waals surface area contributed by atoms with Crippen molar-refractivity contribution in [2.45, 2.75) is 18.9 Å². The number of carbonyl (C=O) groups is 1. The lowest BCUT2D eigenvalue weighted by Gasteiger charge is -2.26. The Bertz CT molecular complexity index is 858. The Kier molecular flexibility index (Phi) is 5.32. The Morgan fingerprint density at radius 3 is 2.70 bits per heavy atom. The van der Waals surface area contributed by atoms with Gasteiger partial charge in [-0.3, -0.25) is 4.79 Å². The maximum atomic E-state index is 12.7. The van der Waals surface area contributed by atoms with E-state index in [1.165, 1.54) is 0 Å². The standard InChI is InChI=1S/C20H19Cl2NO4/c21-15-5-4-14(11-16(15)22)27-12-20(24)23-7-1-2-17(23)13-3-6-18-19(10-13)26-9-8-25-18/h3-6,10-11,17H,1-2,7-9,12H2/t17-/m1/s1. The minimum absolute atomic E-state index is 0.0192. The van der Waals surface area contributed by atoms with Crippen molar-refractivity contribution in [1.82, 2.24) is 4.90 Å². The second kappa shape index (κ2) is 7.87. The van der Waals surface area contributed by atoms with Gasteiger partial charge in [-0.2, -0.15) is 0 Å². The number of fused-ring (bicyclic) bond motifs is 1. The Morgan fingerprint density at radius 2 is 1.89 bits per heavy atom. The van der Waals surface area contributed by atoms with Crippen LogP contribution in [-0.2, 0) is 4.79 Å². The van der Waals surface area contributed by atoms with Crippen LogP contribution < -0.4 is 14.2 Å². The van der Waals surface area contributed by atoms with E-state index >= 15 is 0 Å². The van der Waals surface area contributed by atoms with Gasteiger partial charge in [0.2, 0.25) is 0 Å². The van der Waals surface area contributed by atoms with E-state index in [9.17, 15) is 4.79 Å². The first-order valence-electron chi connectivity index (χ1n) is 8.89. The molecule has 4 rings (SSSR count). The van der Waals surface area contributed by atoms with E-state index in [1.54, 1.807) is 18.2 Å². The molecule has 5 nitrogen and oxygen atoms in total. The second-order valence-corrected chi connectivity index (χ2v) is 7.33. The molecule has 2 aromatic rings. The highest BCUT2D eigenvalue weighted by Gasteiger charge is 2.31. The number of halogens is 2. The summed E-state index contributed by atoms with van der Waals surface area (Å²) in [6, 6.07) is 10.9. The monoisotopic (exact) mass is 407 g/mol. The van der Waals surface area contributed by atoms with Crippen LogP contribution in [0.1, 0.15) is 24.4 Å². The van der Waals surface area contributed by atoms with Gasteiger partial charge in [0.15, 0.2) is 18.1 Å². The minimum atomic E-state index is -0.0570. The van der Waals surface area contributed by atoms with Crippen molar-refractivity contribution in [3.05, 3.63) is 52.0 Å². The van der Waals surface area contributed by atoms with Crippen molar-refractivity contribution in [3.8, 4) is 17.2 Å². The Labute approximate surface area is 167 Å². The molecular formula is C20H19Cl2NO4. The summed E-state index contributed by atoms with van der Waals surface area (Å²) in [6.07, 6.45) is 1.87. The highest BCUT2D eigenvalue weighted by atomic mass is 35.5. The number of hydrogen-bond donors (Lipinski definition) is 0. The Balaban J connectivity index is 1.44. The molecular weight excluding hydrogens is 389 g/mol. The summed E-state index contributed by atoms with van der Waals surface area (Å²) in [4.78, 5) is 14.6. The zero-order chi connectivity index (χ0) is 18.8. The number of hydrogen-bond acceptors (Lipinski definition) is 4. The molecule has 27 heavy (non-hydrogen) atoms. The molecule has 1 fully saturated rings. The zero-order valence-corrected chi connectivity index (χ0v) is 16.1. The molecule has 0 aromatic heterocycles. The summed E-state index contributed by atoms with van der Waals surface area (Å²) in [5, 5.41) is 0.852. The van der Waals surface area contributed by atoms with Crippen LogP contribution in [0.15, 0.2) is 36.4 Å². The molecule has 1 atom stereocenters. The molecule has 2 heterocycles. The molecule has 7 heteroatoms. The molecule has 0 spiro atoms. The lowest BCUT2D eigenvalue weighted by Crippen LogP contribution is -2.34. The summed E-state index contributed by atoms with van der Waals surface area (Å²) < 4.78 is 16.9. The number of ether oxygens (including phenoxy) is 3. The van der Waals surface area contributed by atoms with Crippen molar-refractivity contribution in [2.75, 3.05) is 26.4 Å². The molecule has 0 saturated carbocycles. The van der Waals surface area contributed by atoms with Crippen molar-refractivity contribution in [2.24, 2.45) is 0 Å². The Hall–Kier alpha value is -2.11. The predicted octanol–water partition coefficient (Wildman–Crippen LogP) is 4.51. The van der Waals surface area contributed by atoms with Gasteiger partial charge in [-0.15, -0.1) is 0 Å². The number of benzene rings is 2. The predicted molar refractivity (Wildman–Crippen MR) is 103 cm³/mol. The average molecular weight is 408 g/mol. The fourth-order valence-corrected chi connectivity index (χ4v) is 3.76. The molecule has 2 aromatic carbocycles. The van der Waals surface area contributed by atoms with Crippen LogP contribution in [0.5, 0.6) is 17.2 Å². The van der Waals surface area contributed by atoms with Crippen molar-refractivity contribution in [3.63, 3.8) is 0 Å². The highest BCUT2D eigenvalue weighted by molar-refractivity contribution is 6.42. The number of amides is 1. The van der Waals surface area contributed by atoms with Gasteiger partial charge in [0.1, 0.15) is 19.0 Å². The highest BCUT2D eigenvalue weighted by Crippen LogP contribution is 2.38. The van der Waals surface area contributed by atoms with Gasteiger partial charge in [-0.1, -0.05) is 29.3 Å². The Morgan fingerprint density at radius 1 is 1.07 bits per heavy atom. The van der Waals surface area contributed by atoms with Gasteiger partial charge in [0.05, 0.1) is 16.1 Å². The molecule has 1 amide bonds. The topological polar surface area (TPSA) is 48.0 Å². The lowest BCUT2D eigenvalue weighted by molar-refractivity contribution is -0.134. The van der Waals surface area contributed by atoms with Gasteiger partial charge in [0.25, 0.3) is 5.91 Å². The maximum absolute atomic E-state index is 12.7. The van der Waals surface area contributed by atoms with Crippen molar-refractivity contribution >= 4 is 29.1 Å². The number of nitrogens with zero attached hydrogens (tertiary/aromatic N) is 1. The summed E-state index contributed by atoms with van der Waals surface area (Å²) >= 11 is 11.9. The molecule has 2 aliphatic heterocycles. The third-order valence-corrected chi connectivity index (χ3v) is 5.52. The van der Waals surface area contributed by atoms with Crippen molar-refractivity contribution < 1.29 is 19.0 Å². The molecule has 1 saturated heterocycles. The number of carbonyl (C=O) groups excluding carboxylic acids is 1. The van der Waals surface area contributed by atoms with Crippen LogP contribution >= 0.6 is 23.2 Å². The first kappa shape index (κ1) is 18.3. The molecule has 2 aliphatic rings. The van der Waals surface area contributed by atoms with Gasteiger partial charge < -0.3 is 19.1 Å². The van der Waals surface area contributed by atoms with Crippen molar-refractivity contribution in [1.29, 1.82) is 0 Å². The summed E-state index contributed by atoms with van der Waals surface area (Å²) in [7, 11) is 0. The van der Waals surface area contributed by atoms with E-state index in [-0.39, 0.29) is 18.6 Å². The SMILES string of the molecule is O=C(COc1ccc(Cl)c(Cl)c1)N1CCC[C@@H]1c1ccc2c(c1)OCCO2. The first-order valence-corrected chi connectivity index (χ1v) is 9.64. The fourth-order valence-electron chi connectivity index (χ4n) is 3.47. The first-order chi connectivity index (χ1) is 13.1. The van der Waals surface area contributed by atoms with E-state index in [0.29, 0.717) is 35.6 Å². The van der Waals surface area contributed by atoms with Crippen LogP contribution in [0, 0.1) is 0 Å². The quantitative estimate of drug-likeness (QED) is 0.747. The van der Waals surface area contributed by atoms with E-state index in [4.69, 9.17) is 37.4 Å². The van der Waals surface area contributed by atoms with E-state index < -0.39 is 0 Å². The van der Waals surface area contributed by atoms with Gasteiger partial charge in [0, 0.05) is 12.6 Å². The summed E-state index contributed by atoms with van der Waals surface area (Å²) in [5.74, 6) is 1.96. The lowest BCUT2D eigenvalue weighted by atomic mass is 10.0. The van der Waals surface area contributed by atoms with Crippen LogP contribution in [0.25, 0.3) is 0 Å². The number of rotatable bonds is 4. The average Bonchev–Trinajstić information content (AvgIpc) is 3.18.